The Morgan fingerprint density at radius 2 is 1.83 bits per heavy atom. The van der Waals surface area contributed by atoms with Crippen molar-refractivity contribution in [1.29, 1.82) is 0 Å². The van der Waals surface area contributed by atoms with Crippen LogP contribution in [-0.4, -0.2) is 21.6 Å². The maximum atomic E-state index is 13.1. The second-order valence-corrected chi connectivity index (χ2v) is 8.27. The summed E-state index contributed by atoms with van der Waals surface area (Å²) in [6.07, 6.45) is 7.44. The van der Waals surface area contributed by atoms with Gasteiger partial charge in [0.25, 0.3) is 5.56 Å². The zero-order valence-corrected chi connectivity index (χ0v) is 17.8. The van der Waals surface area contributed by atoms with Crippen molar-refractivity contribution < 1.29 is 4.79 Å². The summed E-state index contributed by atoms with van der Waals surface area (Å²) in [5.41, 5.74) is 4.72. The van der Waals surface area contributed by atoms with E-state index >= 15 is 0 Å². The first-order valence-corrected chi connectivity index (χ1v) is 10.6. The summed E-state index contributed by atoms with van der Waals surface area (Å²) in [4.78, 5) is 29.9. The van der Waals surface area contributed by atoms with Crippen LogP contribution in [0.15, 0.2) is 41.3 Å². The topological polar surface area (TPSA) is 76.0 Å². The molecule has 30 heavy (non-hydrogen) atoms. The van der Waals surface area contributed by atoms with Gasteiger partial charge in [-0.3, -0.25) is 9.78 Å². The molecule has 0 atom stereocenters. The number of nitrogens with zero attached hydrogens (tertiary/aromatic N) is 2. The number of aryl methyl sites for hydroxylation is 3. The first-order valence-electron chi connectivity index (χ1n) is 10.6. The van der Waals surface area contributed by atoms with Crippen LogP contribution in [0.25, 0.3) is 22.0 Å². The number of aromatic nitrogens is 2. The zero-order valence-electron chi connectivity index (χ0n) is 17.8. The average Bonchev–Trinajstić information content (AvgIpc) is 2.73. The van der Waals surface area contributed by atoms with E-state index in [9.17, 15) is 9.59 Å². The van der Waals surface area contributed by atoms with Crippen molar-refractivity contribution in [2.24, 2.45) is 7.05 Å². The Labute approximate surface area is 176 Å². The molecular weight excluding hydrogens is 376 g/mol. The van der Waals surface area contributed by atoms with Crippen LogP contribution in [0.5, 0.6) is 0 Å². The summed E-state index contributed by atoms with van der Waals surface area (Å²) in [5, 5.41) is 6.91. The summed E-state index contributed by atoms with van der Waals surface area (Å²) in [5.74, 6) is 0. The molecule has 2 aromatic heterocycles. The number of hydrogen-bond acceptors (Lipinski definition) is 3. The smallest absolute Gasteiger partial charge is 0.319 e. The molecule has 156 valence electrons. The fraction of sp³-hybridized carbons (Fsp3) is 0.375. The number of amides is 2. The third kappa shape index (κ3) is 4.08. The minimum atomic E-state index is -0.192. The Kier molecular flexibility index (Phi) is 5.57. The van der Waals surface area contributed by atoms with Crippen LogP contribution >= 0.6 is 0 Å². The number of urea groups is 1. The van der Waals surface area contributed by atoms with Crippen molar-refractivity contribution in [3.8, 4) is 11.1 Å². The fourth-order valence-corrected chi connectivity index (χ4v) is 4.25. The molecule has 0 bridgehead atoms. The normalized spacial score (nSPS) is 14.6. The molecular formula is C24H28N4O2. The lowest BCUT2D eigenvalue weighted by Crippen LogP contribution is -2.39. The Bertz CT molecular complexity index is 1160. The second kappa shape index (κ2) is 8.30. The van der Waals surface area contributed by atoms with Gasteiger partial charge in [-0.1, -0.05) is 25.3 Å². The maximum Gasteiger partial charge on any atom is 0.319 e. The molecule has 2 amide bonds. The van der Waals surface area contributed by atoms with Gasteiger partial charge in [-0.25, -0.2) is 4.79 Å². The van der Waals surface area contributed by atoms with Gasteiger partial charge in [0.05, 0.1) is 5.52 Å². The van der Waals surface area contributed by atoms with Gasteiger partial charge in [-0.05, 0) is 62.1 Å². The van der Waals surface area contributed by atoms with Gasteiger partial charge in [-0.15, -0.1) is 0 Å². The van der Waals surface area contributed by atoms with Crippen LogP contribution in [-0.2, 0) is 7.05 Å². The fourth-order valence-electron chi connectivity index (χ4n) is 4.25. The van der Waals surface area contributed by atoms with Crippen molar-refractivity contribution in [3.63, 3.8) is 0 Å². The summed E-state index contributed by atoms with van der Waals surface area (Å²) < 4.78 is 1.66. The highest BCUT2D eigenvalue weighted by Crippen LogP contribution is 2.27. The van der Waals surface area contributed by atoms with E-state index in [0.717, 1.165) is 40.6 Å². The van der Waals surface area contributed by atoms with Crippen molar-refractivity contribution in [3.05, 3.63) is 58.1 Å². The van der Waals surface area contributed by atoms with Crippen molar-refractivity contribution in [2.45, 2.75) is 52.0 Å². The lowest BCUT2D eigenvalue weighted by atomic mass is 9.96. The minimum absolute atomic E-state index is 0.0694. The lowest BCUT2D eigenvalue weighted by Gasteiger charge is -2.23. The third-order valence-electron chi connectivity index (χ3n) is 5.97. The number of hydrogen-bond donors (Lipinski definition) is 2. The van der Waals surface area contributed by atoms with Gasteiger partial charge >= 0.3 is 6.03 Å². The van der Waals surface area contributed by atoms with Crippen LogP contribution in [0, 0.1) is 13.8 Å². The van der Waals surface area contributed by atoms with Crippen LogP contribution in [0.2, 0.25) is 0 Å². The van der Waals surface area contributed by atoms with Crippen molar-refractivity contribution in [1.82, 2.24) is 14.9 Å². The number of rotatable bonds is 3. The molecule has 1 aliphatic carbocycles. The van der Waals surface area contributed by atoms with E-state index in [-0.39, 0.29) is 17.6 Å². The van der Waals surface area contributed by atoms with E-state index in [0.29, 0.717) is 11.3 Å². The molecule has 1 saturated carbocycles. The summed E-state index contributed by atoms with van der Waals surface area (Å²) in [7, 11) is 1.78. The number of carbonyl (C=O) groups excluding carboxylic acids is 1. The molecule has 1 aromatic carbocycles. The third-order valence-corrected chi connectivity index (χ3v) is 5.97. The van der Waals surface area contributed by atoms with Crippen LogP contribution in [0.1, 0.15) is 43.4 Å². The van der Waals surface area contributed by atoms with Gasteiger partial charge in [0.2, 0.25) is 0 Å². The molecule has 0 radical (unpaired) electrons. The van der Waals surface area contributed by atoms with E-state index in [1.165, 1.54) is 19.3 Å². The number of benzene rings is 1. The summed E-state index contributed by atoms with van der Waals surface area (Å²) >= 11 is 0. The highest BCUT2D eigenvalue weighted by Gasteiger charge is 2.17. The highest BCUT2D eigenvalue weighted by atomic mass is 16.2. The van der Waals surface area contributed by atoms with Crippen LogP contribution < -0.4 is 16.2 Å². The Morgan fingerprint density at radius 3 is 2.60 bits per heavy atom. The second-order valence-electron chi connectivity index (χ2n) is 8.27. The van der Waals surface area contributed by atoms with Crippen molar-refractivity contribution in [2.75, 3.05) is 5.32 Å². The van der Waals surface area contributed by atoms with Crippen molar-refractivity contribution >= 4 is 22.6 Å². The molecule has 0 aliphatic heterocycles. The molecule has 2 heterocycles. The largest absolute Gasteiger partial charge is 0.335 e. The molecule has 0 unspecified atom stereocenters. The summed E-state index contributed by atoms with van der Waals surface area (Å²) in [6.45, 7) is 3.88. The van der Waals surface area contributed by atoms with E-state index < -0.39 is 0 Å². The van der Waals surface area contributed by atoms with Gasteiger partial charge in [0.15, 0.2) is 0 Å². The van der Waals surface area contributed by atoms with E-state index in [1.807, 2.05) is 44.2 Å². The van der Waals surface area contributed by atoms with E-state index in [2.05, 4.69) is 15.6 Å². The first kappa shape index (κ1) is 20.1. The highest BCUT2D eigenvalue weighted by molar-refractivity contribution is 5.91. The molecule has 2 N–H and O–H groups in total. The van der Waals surface area contributed by atoms with Gasteiger partial charge < -0.3 is 15.2 Å². The van der Waals surface area contributed by atoms with Gasteiger partial charge in [-0.2, -0.15) is 0 Å². The maximum absolute atomic E-state index is 13.1. The predicted molar refractivity (Wildman–Crippen MR) is 121 cm³/mol. The molecule has 3 aromatic rings. The standard InChI is InChI=1S/C24H28N4O2/c1-15-9-10-19(27-24(30)26-18-7-5-4-6-8-18)13-20(15)21-12-17-14-25-16(2)11-22(17)28(3)23(21)29/h9-14,18H,4-8H2,1-3H3,(H2,26,27,30). The lowest BCUT2D eigenvalue weighted by molar-refractivity contribution is 0.244. The molecule has 6 heteroatoms. The number of anilines is 1. The van der Waals surface area contributed by atoms with Gasteiger partial charge in [0, 0.05) is 41.6 Å². The van der Waals surface area contributed by atoms with E-state index in [4.69, 9.17) is 0 Å². The number of carbonyl (C=O) groups is 1. The summed E-state index contributed by atoms with van der Waals surface area (Å²) in [6, 6.07) is 9.53. The quantitative estimate of drug-likeness (QED) is 0.666. The SMILES string of the molecule is Cc1cc2c(cn1)cc(-c1cc(NC(=O)NC3CCCCC3)ccc1C)c(=O)n2C. The Balaban J connectivity index is 1.65. The van der Waals surface area contributed by atoms with E-state index in [1.54, 1.807) is 17.8 Å². The van der Waals surface area contributed by atoms with Crippen LogP contribution in [0.4, 0.5) is 10.5 Å². The Morgan fingerprint density at radius 1 is 1.07 bits per heavy atom. The molecule has 0 spiro atoms. The zero-order chi connectivity index (χ0) is 21.3. The molecule has 4 rings (SSSR count). The first-order chi connectivity index (χ1) is 14.4. The molecule has 1 fully saturated rings. The number of nitrogens with one attached hydrogen (secondary N) is 2. The Hall–Kier alpha value is -3.15. The molecule has 1 aliphatic rings. The minimum Gasteiger partial charge on any atom is -0.335 e. The average molecular weight is 405 g/mol. The predicted octanol–water partition coefficient (Wildman–Crippen LogP) is 4.67. The molecule has 0 saturated heterocycles. The van der Waals surface area contributed by atoms with Crippen LogP contribution in [0.3, 0.4) is 0 Å². The number of fused-ring (bicyclic) bond motifs is 1. The monoisotopic (exact) mass is 404 g/mol. The van der Waals surface area contributed by atoms with Gasteiger partial charge in [0.1, 0.15) is 0 Å². The molecule has 6 nitrogen and oxygen atoms in total. The number of pyridine rings is 2.